The lowest BCUT2D eigenvalue weighted by molar-refractivity contribution is 0.398. The summed E-state index contributed by atoms with van der Waals surface area (Å²) in [6, 6.07) is 7.88. The molecule has 0 amide bonds. The van der Waals surface area contributed by atoms with Crippen LogP contribution < -0.4 is 9.46 Å². The van der Waals surface area contributed by atoms with E-state index in [2.05, 4.69) is 9.71 Å². The van der Waals surface area contributed by atoms with Gasteiger partial charge < -0.3 is 4.74 Å². The molecular formula is C13H13ClN2O3S. The quantitative estimate of drug-likeness (QED) is 0.942. The van der Waals surface area contributed by atoms with Gasteiger partial charge in [-0.05, 0) is 30.7 Å². The van der Waals surface area contributed by atoms with Crippen molar-refractivity contribution in [2.24, 2.45) is 0 Å². The molecule has 0 bridgehead atoms. The lowest BCUT2D eigenvalue weighted by Crippen LogP contribution is -2.13. The molecule has 7 heteroatoms. The van der Waals surface area contributed by atoms with Gasteiger partial charge in [0.2, 0.25) is 5.88 Å². The molecule has 0 spiro atoms. The number of hydrogen-bond donors (Lipinski definition) is 1. The first-order chi connectivity index (χ1) is 9.42. The van der Waals surface area contributed by atoms with Gasteiger partial charge in [0.05, 0.1) is 24.0 Å². The van der Waals surface area contributed by atoms with Gasteiger partial charge in [0.15, 0.2) is 0 Å². The summed E-state index contributed by atoms with van der Waals surface area (Å²) in [5.74, 6) is 0.404. The Kier molecular flexibility index (Phi) is 4.15. The van der Waals surface area contributed by atoms with Crippen LogP contribution >= 0.6 is 11.6 Å². The molecule has 0 aliphatic carbocycles. The number of aryl methyl sites for hydroxylation is 1. The van der Waals surface area contributed by atoms with Crippen molar-refractivity contribution in [3.63, 3.8) is 0 Å². The van der Waals surface area contributed by atoms with E-state index < -0.39 is 10.0 Å². The normalized spacial score (nSPS) is 11.2. The van der Waals surface area contributed by atoms with Crippen LogP contribution in [0.1, 0.15) is 5.56 Å². The summed E-state index contributed by atoms with van der Waals surface area (Å²) in [6.07, 6.45) is 1.37. The number of benzene rings is 1. The van der Waals surface area contributed by atoms with Crippen molar-refractivity contribution in [2.75, 3.05) is 11.8 Å². The van der Waals surface area contributed by atoms with E-state index in [1.807, 2.05) is 6.92 Å². The standard InChI is InChI=1S/C13H13ClN2O3S/c1-9-3-5-12(11(14)7-9)20(17,18)16-10-4-6-13(19-2)15-8-10/h3-8,16H,1-2H3. The molecule has 0 saturated carbocycles. The topological polar surface area (TPSA) is 68.3 Å². The van der Waals surface area contributed by atoms with Crippen molar-refractivity contribution in [2.45, 2.75) is 11.8 Å². The van der Waals surface area contributed by atoms with Crippen LogP contribution in [0.25, 0.3) is 0 Å². The first-order valence-electron chi connectivity index (χ1n) is 5.71. The fourth-order valence-corrected chi connectivity index (χ4v) is 3.24. The summed E-state index contributed by atoms with van der Waals surface area (Å²) in [5.41, 5.74) is 1.22. The third-order valence-electron chi connectivity index (χ3n) is 2.57. The van der Waals surface area contributed by atoms with E-state index in [1.54, 1.807) is 24.3 Å². The van der Waals surface area contributed by atoms with E-state index in [-0.39, 0.29) is 9.92 Å². The molecule has 1 aromatic carbocycles. The fourth-order valence-electron chi connectivity index (χ4n) is 1.60. The fraction of sp³-hybridized carbons (Fsp3) is 0.154. The van der Waals surface area contributed by atoms with Gasteiger partial charge >= 0.3 is 0 Å². The van der Waals surface area contributed by atoms with Gasteiger partial charge in [0, 0.05) is 6.07 Å². The number of methoxy groups -OCH3 is 1. The van der Waals surface area contributed by atoms with Crippen molar-refractivity contribution in [1.82, 2.24) is 4.98 Å². The number of sulfonamides is 1. The van der Waals surface area contributed by atoms with Crippen molar-refractivity contribution < 1.29 is 13.2 Å². The first-order valence-corrected chi connectivity index (χ1v) is 7.57. The molecule has 106 valence electrons. The number of nitrogens with zero attached hydrogens (tertiary/aromatic N) is 1. The second-order valence-corrected chi connectivity index (χ2v) is 6.19. The number of nitrogens with one attached hydrogen (secondary N) is 1. The maximum atomic E-state index is 12.2. The Balaban J connectivity index is 2.30. The Labute approximate surface area is 122 Å². The van der Waals surface area contributed by atoms with Gasteiger partial charge in [0.1, 0.15) is 4.90 Å². The molecule has 2 aromatic rings. The lowest BCUT2D eigenvalue weighted by Gasteiger charge is -2.10. The van der Waals surface area contributed by atoms with E-state index in [9.17, 15) is 8.42 Å². The van der Waals surface area contributed by atoms with Crippen LogP contribution in [0.5, 0.6) is 5.88 Å². The maximum Gasteiger partial charge on any atom is 0.263 e. The summed E-state index contributed by atoms with van der Waals surface area (Å²) < 4.78 is 31.8. The zero-order chi connectivity index (χ0) is 14.8. The summed E-state index contributed by atoms with van der Waals surface area (Å²) in [4.78, 5) is 3.96. The maximum absolute atomic E-state index is 12.2. The second-order valence-electron chi connectivity index (χ2n) is 4.13. The Hall–Kier alpha value is -1.79. The average molecular weight is 313 g/mol. The molecule has 1 N–H and O–H groups in total. The highest BCUT2D eigenvalue weighted by atomic mass is 35.5. The monoisotopic (exact) mass is 312 g/mol. The van der Waals surface area contributed by atoms with Crippen LogP contribution in [0.3, 0.4) is 0 Å². The molecule has 1 heterocycles. The number of anilines is 1. The zero-order valence-corrected chi connectivity index (χ0v) is 12.5. The highest BCUT2D eigenvalue weighted by molar-refractivity contribution is 7.92. The van der Waals surface area contributed by atoms with Gasteiger partial charge in [-0.25, -0.2) is 13.4 Å². The van der Waals surface area contributed by atoms with Gasteiger partial charge in [-0.1, -0.05) is 17.7 Å². The first kappa shape index (κ1) is 14.6. The van der Waals surface area contributed by atoms with Gasteiger partial charge in [-0.15, -0.1) is 0 Å². The average Bonchev–Trinajstić information content (AvgIpc) is 2.38. The molecule has 5 nitrogen and oxygen atoms in total. The highest BCUT2D eigenvalue weighted by Gasteiger charge is 2.18. The van der Waals surface area contributed by atoms with Gasteiger partial charge in [0.25, 0.3) is 10.0 Å². The largest absolute Gasteiger partial charge is 0.481 e. The molecule has 2 rings (SSSR count). The van der Waals surface area contributed by atoms with Crippen LogP contribution in [0.4, 0.5) is 5.69 Å². The SMILES string of the molecule is COc1ccc(NS(=O)(=O)c2ccc(C)cc2Cl)cn1. The smallest absolute Gasteiger partial charge is 0.263 e. The molecule has 0 radical (unpaired) electrons. The predicted molar refractivity (Wildman–Crippen MR) is 77.8 cm³/mol. The van der Waals surface area contributed by atoms with Crippen LogP contribution in [0.2, 0.25) is 5.02 Å². The van der Waals surface area contributed by atoms with Crippen LogP contribution in [0.15, 0.2) is 41.4 Å². The van der Waals surface area contributed by atoms with Crippen LogP contribution in [0, 0.1) is 6.92 Å². The third-order valence-corrected chi connectivity index (χ3v) is 4.44. The van der Waals surface area contributed by atoms with Crippen LogP contribution in [-0.2, 0) is 10.0 Å². The number of halogens is 1. The number of rotatable bonds is 4. The van der Waals surface area contributed by atoms with Crippen molar-refractivity contribution in [1.29, 1.82) is 0 Å². The molecule has 0 unspecified atom stereocenters. The lowest BCUT2D eigenvalue weighted by atomic mass is 10.2. The van der Waals surface area contributed by atoms with E-state index in [0.717, 1.165) is 5.56 Å². The van der Waals surface area contributed by atoms with Crippen molar-refractivity contribution in [3.05, 3.63) is 47.1 Å². The molecule has 1 aromatic heterocycles. The Morgan fingerprint density at radius 1 is 1.25 bits per heavy atom. The summed E-state index contributed by atoms with van der Waals surface area (Å²) in [5, 5.41) is 0.180. The van der Waals surface area contributed by atoms with E-state index >= 15 is 0 Å². The Morgan fingerprint density at radius 2 is 2.00 bits per heavy atom. The number of pyridine rings is 1. The second kappa shape index (κ2) is 5.68. The summed E-state index contributed by atoms with van der Waals surface area (Å²) >= 11 is 5.97. The number of aromatic nitrogens is 1. The minimum atomic E-state index is -3.74. The summed E-state index contributed by atoms with van der Waals surface area (Å²) in [6.45, 7) is 1.84. The minimum Gasteiger partial charge on any atom is -0.481 e. The molecule has 20 heavy (non-hydrogen) atoms. The molecule has 0 aliphatic heterocycles. The zero-order valence-electron chi connectivity index (χ0n) is 10.9. The third kappa shape index (κ3) is 3.20. The molecule has 0 atom stereocenters. The van der Waals surface area contributed by atoms with E-state index in [1.165, 1.54) is 19.4 Å². The predicted octanol–water partition coefficient (Wildman–Crippen LogP) is 2.85. The number of ether oxygens (including phenoxy) is 1. The Morgan fingerprint density at radius 3 is 2.55 bits per heavy atom. The molecule has 0 fully saturated rings. The Bertz CT molecular complexity index is 715. The van der Waals surface area contributed by atoms with Crippen molar-refractivity contribution >= 4 is 27.3 Å². The molecule has 0 saturated heterocycles. The minimum absolute atomic E-state index is 0.0283. The number of hydrogen-bond acceptors (Lipinski definition) is 4. The highest BCUT2D eigenvalue weighted by Crippen LogP contribution is 2.24. The molecular weight excluding hydrogens is 300 g/mol. The van der Waals surface area contributed by atoms with Crippen LogP contribution in [-0.4, -0.2) is 20.5 Å². The van der Waals surface area contributed by atoms with Crippen molar-refractivity contribution in [3.8, 4) is 5.88 Å². The van der Waals surface area contributed by atoms with E-state index in [4.69, 9.17) is 16.3 Å². The van der Waals surface area contributed by atoms with Gasteiger partial charge in [-0.3, -0.25) is 4.72 Å². The van der Waals surface area contributed by atoms with Gasteiger partial charge in [-0.2, -0.15) is 0 Å². The summed E-state index contributed by atoms with van der Waals surface area (Å²) in [7, 11) is -2.26. The van der Waals surface area contributed by atoms with E-state index in [0.29, 0.717) is 11.6 Å². The molecule has 0 aliphatic rings.